The predicted molar refractivity (Wildman–Crippen MR) is 91.7 cm³/mol. The van der Waals surface area contributed by atoms with Crippen LogP contribution < -0.4 is 5.32 Å². The van der Waals surface area contributed by atoms with Gasteiger partial charge < -0.3 is 5.32 Å². The number of carbonyl (C=O) groups is 1. The zero-order chi connectivity index (χ0) is 18.1. The Kier molecular flexibility index (Phi) is 5.49. The van der Waals surface area contributed by atoms with Gasteiger partial charge in [-0.3, -0.25) is 4.79 Å². The molecule has 2 rings (SSSR count). The monoisotopic (exact) mass is 390 g/mol. The van der Waals surface area contributed by atoms with E-state index in [4.69, 9.17) is 23.2 Å². The van der Waals surface area contributed by atoms with Gasteiger partial charge in [-0.15, -0.1) is 0 Å². The maximum Gasteiger partial charge on any atom is 0.257 e. The van der Waals surface area contributed by atoms with Crippen LogP contribution in [-0.4, -0.2) is 32.7 Å². The second-order valence-corrected chi connectivity index (χ2v) is 7.98. The van der Waals surface area contributed by atoms with Gasteiger partial charge >= 0.3 is 0 Å². The molecule has 0 fully saturated rings. The van der Waals surface area contributed by atoms with Crippen LogP contribution in [0.2, 0.25) is 10.0 Å². The highest BCUT2D eigenvalue weighted by Gasteiger charge is 2.18. The van der Waals surface area contributed by atoms with E-state index < -0.39 is 21.7 Å². The van der Waals surface area contributed by atoms with E-state index >= 15 is 0 Å². The molecule has 0 bridgehead atoms. The number of anilines is 1. The number of halogens is 3. The molecule has 128 valence electrons. The van der Waals surface area contributed by atoms with Gasteiger partial charge in [-0.25, -0.2) is 17.1 Å². The van der Waals surface area contributed by atoms with Crippen LogP contribution in [0.3, 0.4) is 0 Å². The molecule has 1 N–H and O–H groups in total. The SMILES string of the molecule is CN(C)S(=O)(=O)c1ccc(NC(=O)c2cc(F)c(Cl)cc2Cl)cc1. The third kappa shape index (κ3) is 3.87. The van der Waals surface area contributed by atoms with E-state index in [0.29, 0.717) is 5.69 Å². The number of sulfonamides is 1. The van der Waals surface area contributed by atoms with Gasteiger partial charge in [0.1, 0.15) is 5.82 Å². The number of benzene rings is 2. The molecule has 0 saturated heterocycles. The molecule has 0 aliphatic carbocycles. The number of carbonyl (C=O) groups excluding carboxylic acids is 1. The Hall–Kier alpha value is -1.67. The van der Waals surface area contributed by atoms with Crippen LogP contribution in [0.25, 0.3) is 0 Å². The van der Waals surface area contributed by atoms with Gasteiger partial charge in [-0.05, 0) is 36.4 Å². The highest BCUT2D eigenvalue weighted by Crippen LogP contribution is 2.25. The number of hydrogen-bond donors (Lipinski definition) is 1. The summed E-state index contributed by atoms with van der Waals surface area (Å²) in [4.78, 5) is 12.2. The fourth-order valence-electron chi connectivity index (χ4n) is 1.82. The van der Waals surface area contributed by atoms with Crippen LogP contribution in [0.1, 0.15) is 10.4 Å². The van der Waals surface area contributed by atoms with Gasteiger partial charge in [0.05, 0.1) is 20.5 Å². The van der Waals surface area contributed by atoms with Crippen molar-refractivity contribution in [1.82, 2.24) is 4.31 Å². The topological polar surface area (TPSA) is 66.5 Å². The number of nitrogens with zero attached hydrogens (tertiary/aromatic N) is 1. The van der Waals surface area contributed by atoms with Crippen molar-refractivity contribution >= 4 is 44.8 Å². The minimum atomic E-state index is -3.56. The van der Waals surface area contributed by atoms with Crippen LogP contribution in [0.15, 0.2) is 41.3 Å². The second kappa shape index (κ2) is 7.06. The second-order valence-electron chi connectivity index (χ2n) is 5.01. The van der Waals surface area contributed by atoms with E-state index in [1.54, 1.807) is 0 Å². The summed E-state index contributed by atoms with van der Waals surface area (Å²) in [5, 5.41) is 2.33. The molecule has 2 aromatic carbocycles. The van der Waals surface area contributed by atoms with Gasteiger partial charge in [0.25, 0.3) is 5.91 Å². The molecule has 5 nitrogen and oxygen atoms in total. The van der Waals surface area contributed by atoms with Crippen molar-refractivity contribution in [1.29, 1.82) is 0 Å². The van der Waals surface area contributed by atoms with Crippen molar-refractivity contribution in [3.63, 3.8) is 0 Å². The minimum absolute atomic E-state index is 0.00528. The summed E-state index contributed by atoms with van der Waals surface area (Å²) in [5.41, 5.74) is 0.257. The maximum absolute atomic E-state index is 13.5. The molecule has 0 saturated carbocycles. The summed E-state index contributed by atoms with van der Waals surface area (Å²) in [6.07, 6.45) is 0. The molecule has 0 aliphatic heterocycles. The maximum atomic E-state index is 13.5. The zero-order valence-corrected chi connectivity index (χ0v) is 15.0. The lowest BCUT2D eigenvalue weighted by Crippen LogP contribution is -2.22. The summed E-state index contributed by atoms with van der Waals surface area (Å²) in [5.74, 6) is -1.41. The van der Waals surface area contributed by atoms with E-state index in [1.165, 1.54) is 38.4 Å². The normalized spacial score (nSPS) is 11.6. The van der Waals surface area contributed by atoms with Crippen molar-refractivity contribution in [3.05, 3.63) is 57.8 Å². The van der Waals surface area contributed by atoms with Crippen molar-refractivity contribution in [2.24, 2.45) is 0 Å². The van der Waals surface area contributed by atoms with E-state index in [1.807, 2.05) is 0 Å². The average molecular weight is 391 g/mol. The standard InChI is InChI=1S/C15H13Cl2FN2O3S/c1-20(2)24(22,23)10-5-3-9(4-6-10)19-15(21)11-7-14(18)13(17)8-12(11)16/h3-8H,1-2H3,(H,19,21). The molecule has 0 spiro atoms. The van der Waals surface area contributed by atoms with Gasteiger partial charge in [0.2, 0.25) is 10.0 Å². The number of amides is 1. The Bertz CT molecular complexity index is 884. The molecule has 2 aromatic rings. The van der Waals surface area contributed by atoms with Gasteiger partial charge in [0.15, 0.2) is 0 Å². The lowest BCUT2D eigenvalue weighted by Gasteiger charge is -2.12. The van der Waals surface area contributed by atoms with Crippen molar-refractivity contribution < 1.29 is 17.6 Å². The lowest BCUT2D eigenvalue weighted by molar-refractivity contribution is 0.102. The third-order valence-corrected chi connectivity index (χ3v) is 5.58. The first-order valence-corrected chi connectivity index (χ1v) is 8.81. The van der Waals surface area contributed by atoms with Crippen LogP contribution in [0.5, 0.6) is 0 Å². The highest BCUT2D eigenvalue weighted by atomic mass is 35.5. The zero-order valence-electron chi connectivity index (χ0n) is 12.7. The molecule has 9 heteroatoms. The summed E-state index contributed by atoms with van der Waals surface area (Å²) >= 11 is 11.5. The Morgan fingerprint density at radius 3 is 2.21 bits per heavy atom. The molecule has 0 aromatic heterocycles. The van der Waals surface area contributed by atoms with Crippen molar-refractivity contribution in [3.8, 4) is 0 Å². The quantitative estimate of drug-likeness (QED) is 0.810. The molecular formula is C15H13Cl2FN2O3S. The summed E-state index contributed by atoms with van der Waals surface area (Å²) in [7, 11) is -0.719. The van der Waals surface area contributed by atoms with Crippen LogP contribution in [0, 0.1) is 5.82 Å². The Balaban J connectivity index is 2.23. The van der Waals surface area contributed by atoms with Gasteiger partial charge in [0, 0.05) is 19.8 Å². The largest absolute Gasteiger partial charge is 0.322 e. The summed E-state index contributed by atoms with van der Waals surface area (Å²) in [6.45, 7) is 0. The van der Waals surface area contributed by atoms with Crippen molar-refractivity contribution in [2.75, 3.05) is 19.4 Å². The van der Waals surface area contributed by atoms with E-state index in [2.05, 4.69) is 5.32 Å². The number of rotatable bonds is 4. The van der Waals surface area contributed by atoms with Gasteiger partial charge in [-0.1, -0.05) is 23.2 Å². The fourth-order valence-corrected chi connectivity index (χ4v) is 3.19. The number of nitrogens with one attached hydrogen (secondary N) is 1. The number of hydrogen-bond acceptors (Lipinski definition) is 3. The van der Waals surface area contributed by atoms with E-state index in [-0.39, 0.29) is 20.5 Å². The lowest BCUT2D eigenvalue weighted by atomic mass is 10.2. The smallest absolute Gasteiger partial charge is 0.257 e. The predicted octanol–water partition coefficient (Wildman–Crippen LogP) is 3.64. The third-order valence-electron chi connectivity index (χ3n) is 3.15. The van der Waals surface area contributed by atoms with Crippen LogP contribution >= 0.6 is 23.2 Å². The molecule has 24 heavy (non-hydrogen) atoms. The Morgan fingerprint density at radius 1 is 1.08 bits per heavy atom. The first-order chi connectivity index (χ1) is 11.1. The molecule has 0 atom stereocenters. The van der Waals surface area contributed by atoms with Crippen molar-refractivity contribution in [2.45, 2.75) is 4.90 Å². The molecule has 0 heterocycles. The minimum Gasteiger partial charge on any atom is -0.322 e. The van der Waals surface area contributed by atoms with E-state index in [0.717, 1.165) is 16.4 Å². The summed E-state index contributed by atoms with van der Waals surface area (Å²) in [6, 6.07) is 7.64. The summed E-state index contributed by atoms with van der Waals surface area (Å²) < 4.78 is 38.5. The Morgan fingerprint density at radius 2 is 1.67 bits per heavy atom. The fraction of sp³-hybridized carbons (Fsp3) is 0.133. The van der Waals surface area contributed by atoms with Crippen LogP contribution in [0.4, 0.5) is 10.1 Å². The molecule has 0 aliphatic rings. The van der Waals surface area contributed by atoms with E-state index in [9.17, 15) is 17.6 Å². The molecule has 0 unspecified atom stereocenters. The highest BCUT2D eigenvalue weighted by molar-refractivity contribution is 7.89. The molecule has 1 amide bonds. The molecule has 0 radical (unpaired) electrons. The first kappa shape index (κ1) is 18.7. The molecular weight excluding hydrogens is 378 g/mol. The van der Waals surface area contributed by atoms with Crippen LogP contribution in [-0.2, 0) is 10.0 Å². The first-order valence-electron chi connectivity index (χ1n) is 6.61. The van der Waals surface area contributed by atoms with Gasteiger partial charge in [-0.2, -0.15) is 0 Å². The Labute approximate surface area is 149 Å². The average Bonchev–Trinajstić information content (AvgIpc) is 2.51.